The van der Waals surface area contributed by atoms with Crippen molar-refractivity contribution in [3.63, 3.8) is 0 Å². The van der Waals surface area contributed by atoms with E-state index >= 15 is 0 Å². The van der Waals surface area contributed by atoms with Gasteiger partial charge in [0.2, 0.25) is 0 Å². The summed E-state index contributed by atoms with van der Waals surface area (Å²) in [4.78, 5) is 4.19. The molecule has 2 aromatic carbocycles. The van der Waals surface area contributed by atoms with Crippen LogP contribution in [0.1, 0.15) is 18.1 Å². The molecule has 2 N–H and O–H groups in total. The fourth-order valence-corrected chi connectivity index (χ4v) is 2.34. The Bertz CT molecular complexity index is 661. The van der Waals surface area contributed by atoms with Crippen LogP contribution in [-0.2, 0) is 17.9 Å². The largest absolute Gasteiger partial charge is 0.376 e. The topological polar surface area (TPSA) is 45.7 Å². The first-order valence-corrected chi connectivity index (χ1v) is 8.48. The van der Waals surface area contributed by atoms with Crippen LogP contribution < -0.4 is 10.6 Å². The molecule has 4 nitrogen and oxygen atoms in total. The quantitative estimate of drug-likeness (QED) is 0.571. The van der Waals surface area contributed by atoms with Crippen molar-refractivity contribution in [2.75, 3.05) is 20.2 Å². The van der Waals surface area contributed by atoms with Crippen molar-refractivity contribution < 1.29 is 9.13 Å². The van der Waals surface area contributed by atoms with Gasteiger partial charge < -0.3 is 15.4 Å². The highest BCUT2D eigenvalue weighted by Crippen LogP contribution is 2.04. The van der Waals surface area contributed by atoms with Gasteiger partial charge in [-0.1, -0.05) is 49.4 Å². The summed E-state index contributed by atoms with van der Waals surface area (Å²) in [6.07, 6.45) is 0. The van der Waals surface area contributed by atoms with Crippen LogP contribution in [0.3, 0.4) is 0 Å². The van der Waals surface area contributed by atoms with E-state index in [0.717, 1.165) is 12.1 Å². The molecule has 0 heterocycles. The van der Waals surface area contributed by atoms with E-state index < -0.39 is 0 Å². The zero-order chi connectivity index (χ0) is 17.9. The molecule has 0 saturated heterocycles. The summed E-state index contributed by atoms with van der Waals surface area (Å²) in [5.74, 6) is 0.807. The number of hydrogen-bond acceptors (Lipinski definition) is 2. The van der Waals surface area contributed by atoms with Crippen LogP contribution in [-0.4, -0.2) is 26.2 Å². The molecule has 0 aliphatic carbocycles. The Balaban J connectivity index is 1.65. The van der Waals surface area contributed by atoms with E-state index in [2.05, 4.69) is 34.7 Å². The Labute approximate surface area is 149 Å². The minimum Gasteiger partial charge on any atom is -0.376 e. The Kier molecular flexibility index (Phi) is 7.92. The first-order chi connectivity index (χ1) is 12.2. The first kappa shape index (κ1) is 18.9. The third-order valence-corrected chi connectivity index (χ3v) is 3.70. The number of ether oxygens (including phenoxy) is 1. The van der Waals surface area contributed by atoms with Crippen molar-refractivity contribution in [1.29, 1.82) is 0 Å². The summed E-state index contributed by atoms with van der Waals surface area (Å²) in [7, 11) is 1.72. The molecule has 2 aromatic rings. The molecular weight excluding hydrogens is 317 g/mol. The van der Waals surface area contributed by atoms with E-state index in [1.165, 1.54) is 17.7 Å². The van der Waals surface area contributed by atoms with Crippen molar-refractivity contribution in [2.45, 2.75) is 20.1 Å². The van der Waals surface area contributed by atoms with Gasteiger partial charge in [-0.15, -0.1) is 0 Å². The molecule has 25 heavy (non-hydrogen) atoms. The van der Waals surface area contributed by atoms with Crippen molar-refractivity contribution in [3.8, 4) is 0 Å². The van der Waals surface area contributed by atoms with Crippen molar-refractivity contribution >= 4 is 5.96 Å². The second kappa shape index (κ2) is 10.5. The molecule has 0 spiro atoms. The van der Waals surface area contributed by atoms with Crippen LogP contribution in [0, 0.1) is 11.7 Å². The molecule has 1 atom stereocenters. The molecule has 2 rings (SSSR count). The summed E-state index contributed by atoms with van der Waals surface area (Å²) < 4.78 is 18.9. The maximum atomic E-state index is 13.2. The lowest BCUT2D eigenvalue weighted by atomic mass is 10.2. The SMILES string of the molecule is CN=C(NCc1cccc(F)c1)NCC(C)COCc1ccccc1. The average molecular weight is 343 g/mol. The van der Waals surface area contributed by atoms with Gasteiger partial charge >= 0.3 is 0 Å². The van der Waals surface area contributed by atoms with Crippen LogP contribution in [0.25, 0.3) is 0 Å². The Morgan fingerprint density at radius 1 is 1.08 bits per heavy atom. The van der Waals surface area contributed by atoms with E-state index in [1.807, 2.05) is 24.3 Å². The van der Waals surface area contributed by atoms with Crippen LogP contribution in [0.4, 0.5) is 4.39 Å². The number of guanidine groups is 1. The third kappa shape index (κ3) is 7.35. The van der Waals surface area contributed by atoms with Crippen LogP contribution in [0.5, 0.6) is 0 Å². The van der Waals surface area contributed by atoms with Gasteiger partial charge in [0.1, 0.15) is 5.82 Å². The van der Waals surface area contributed by atoms with Gasteiger partial charge in [0.05, 0.1) is 13.2 Å². The number of aliphatic imine (C=N–C) groups is 1. The number of nitrogens with one attached hydrogen (secondary N) is 2. The zero-order valence-corrected chi connectivity index (χ0v) is 14.8. The van der Waals surface area contributed by atoms with E-state index in [9.17, 15) is 4.39 Å². The van der Waals surface area contributed by atoms with Gasteiger partial charge in [0.15, 0.2) is 5.96 Å². The van der Waals surface area contributed by atoms with E-state index in [1.54, 1.807) is 13.1 Å². The molecule has 0 fully saturated rings. The molecule has 5 heteroatoms. The minimum absolute atomic E-state index is 0.230. The molecule has 0 saturated carbocycles. The molecule has 1 unspecified atom stereocenters. The number of nitrogens with zero attached hydrogens (tertiary/aromatic N) is 1. The number of halogens is 1. The molecule has 0 radical (unpaired) electrons. The highest BCUT2D eigenvalue weighted by Gasteiger charge is 2.05. The Hall–Kier alpha value is -2.40. The normalized spacial score (nSPS) is 12.7. The minimum atomic E-state index is -0.230. The lowest BCUT2D eigenvalue weighted by Gasteiger charge is -2.16. The summed E-state index contributed by atoms with van der Waals surface area (Å²) in [6.45, 7) is 4.69. The Morgan fingerprint density at radius 2 is 1.84 bits per heavy atom. The van der Waals surface area contributed by atoms with Crippen molar-refractivity contribution in [1.82, 2.24) is 10.6 Å². The second-order valence-electron chi connectivity index (χ2n) is 6.04. The standard InChI is InChI=1S/C20H26FN3O/c1-16(14-25-15-17-7-4-3-5-8-17)12-23-20(22-2)24-13-18-9-6-10-19(21)11-18/h3-11,16H,12-15H2,1-2H3,(H2,22,23,24). The molecule has 0 aliphatic heterocycles. The van der Waals surface area contributed by atoms with Crippen molar-refractivity contribution in [2.24, 2.45) is 10.9 Å². The summed E-state index contributed by atoms with van der Waals surface area (Å²) >= 11 is 0. The first-order valence-electron chi connectivity index (χ1n) is 8.48. The summed E-state index contributed by atoms with van der Waals surface area (Å²) in [5.41, 5.74) is 2.05. The fourth-order valence-electron chi connectivity index (χ4n) is 2.34. The van der Waals surface area contributed by atoms with Gasteiger partial charge in [0.25, 0.3) is 0 Å². The molecular formula is C20H26FN3O. The van der Waals surface area contributed by atoms with Crippen molar-refractivity contribution in [3.05, 3.63) is 71.5 Å². The van der Waals surface area contributed by atoms with E-state index in [-0.39, 0.29) is 5.82 Å². The van der Waals surface area contributed by atoms with Gasteiger partial charge in [-0.25, -0.2) is 4.39 Å². The maximum Gasteiger partial charge on any atom is 0.191 e. The maximum absolute atomic E-state index is 13.2. The smallest absolute Gasteiger partial charge is 0.191 e. The highest BCUT2D eigenvalue weighted by molar-refractivity contribution is 5.79. The van der Waals surface area contributed by atoms with Gasteiger partial charge in [-0.3, -0.25) is 4.99 Å². The predicted molar refractivity (Wildman–Crippen MR) is 99.9 cm³/mol. The van der Waals surface area contributed by atoms with Gasteiger partial charge in [-0.05, 0) is 29.2 Å². The lowest BCUT2D eigenvalue weighted by Crippen LogP contribution is -2.39. The third-order valence-electron chi connectivity index (χ3n) is 3.70. The van der Waals surface area contributed by atoms with E-state index in [0.29, 0.717) is 31.6 Å². The van der Waals surface area contributed by atoms with Crippen LogP contribution in [0.2, 0.25) is 0 Å². The van der Waals surface area contributed by atoms with Crippen LogP contribution >= 0.6 is 0 Å². The monoisotopic (exact) mass is 343 g/mol. The number of benzene rings is 2. The fraction of sp³-hybridized carbons (Fsp3) is 0.350. The van der Waals surface area contributed by atoms with Crippen LogP contribution in [0.15, 0.2) is 59.6 Å². The molecule has 0 aliphatic rings. The zero-order valence-electron chi connectivity index (χ0n) is 14.8. The average Bonchev–Trinajstić information content (AvgIpc) is 2.63. The predicted octanol–water partition coefficient (Wildman–Crippen LogP) is 3.34. The Morgan fingerprint density at radius 3 is 2.56 bits per heavy atom. The molecule has 0 aromatic heterocycles. The van der Waals surface area contributed by atoms with Gasteiger partial charge in [0, 0.05) is 20.1 Å². The highest BCUT2D eigenvalue weighted by atomic mass is 19.1. The number of hydrogen-bond donors (Lipinski definition) is 2. The lowest BCUT2D eigenvalue weighted by molar-refractivity contribution is 0.0931. The van der Waals surface area contributed by atoms with E-state index in [4.69, 9.17) is 4.74 Å². The molecule has 0 amide bonds. The molecule has 134 valence electrons. The molecule has 0 bridgehead atoms. The van der Waals surface area contributed by atoms with Gasteiger partial charge in [-0.2, -0.15) is 0 Å². The summed E-state index contributed by atoms with van der Waals surface area (Å²) in [5, 5.41) is 6.45. The number of rotatable bonds is 8. The summed E-state index contributed by atoms with van der Waals surface area (Å²) in [6, 6.07) is 16.7. The second-order valence-corrected chi connectivity index (χ2v) is 6.04.